The molecule has 0 radical (unpaired) electrons. The third kappa shape index (κ3) is 4.38. The molecule has 0 saturated carbocycles. The topological polar surface area (TPSA) is 108 Å². The van der Waals surface area contributed by atoms with Crippen molar-refractivity contribution in [2.24, 2.45) is 16.5 Å². The summed E-state index contributed by atoms with van der Waals surface area (Å²) in [6.45, 7) is 0. The summed E-state index contributed by atoms with van der Waals surface area (Å²) in [6.07, 6.45) is 0. The van der Waals surface area contributed by atoms with Gasteiger partial charge in [0.25, 0.3) is 0 Å². The van der Waals surface area contributed by atoms with Gasteiger partial charge in [-0.3, -0.25) is 4.79 Å². The number of hydrogen-bond acceptors (Lipinski definition) is 4. The van der Waals surface area contributed by atoms with E-state index < -0.39 is 5.97 Å². The summed E-state index contributed by atoms with van der Waals surface area (Å²) in [5.41, 5.74) is 12.2. The highest BCUT2D eigenvalue weighted by molar-refractivity contribution is 6.14. The van der Waals surface area contributed by atoms with Crippen LogP contribution in [0.25, 0.3) is 0 Å². The van der Waals surface area contributed by atoms with Crippen molar-refractivity contribution in [2.45, 2.75) is 0 Å². The first-order valence-corrected chi connectivity index (χ1v) is 8.15. The van der Waals surface area contributed by atoms with Crippen LogP contribution in [0.1, 0.15) is 26.3 Å². The summed E-state index contributed by atoms with van der Waals surface area (Å²) in [5.74, 6) is -0.611. The number of ether oxygens (including phenoxy) is 1. The molecule has 0 spiro atoms. The lowest BCUT2D eigenvalue weighted by molar-refractivity contribution is 0.0730. The van der Waals surface area contributed by atoms with Gasteiger partial charge in [-0.2, -0.15) is 0 Å². The SMILES string of the molecule is NC(N)=Nc1ccc(OC(=O)c2ccccc2C(=O)c2ccccc2)cc1. The number of nitrogens with two attached hydrogens (primary N) is 2. The van der Waals surface area contributed by atoms with Gasteiger partial charge < -0.3 is 16.2 Å². The molecular formula is C21H17N3O3. The molecule has 0 aromatic heterocycles. The van der Waals surface area contributed by atoms with Crippen LogP contribution in [-0.4, -0.2) is 17.7 Å². The van der Waals surface area contributed by atoms with Crippen molar-refractivity contribution < 1.29 is 14.3 Å². The Morgan fingerprint density at radius 1 is 0.741 bits per heavy atom. The highest BCUT2D eigenvalue weighted by atomic mass is 16.5. The lowest BCUT2D eigenvalue weighted by atomic mass is 9.98. The molecule has 0 unspecified atom stereocenters. The van der Waals surface area contributed by atoms with E-state index in [2.05, 4.69) is 4.99 Å². The zero-order valence-electron chi connectivity index (χ0n) is 14.3. The predicted octanol–water partition coefficient (Wildman–Crippen LogP) is 3.04. The van der Waals surface area contributed by atoms with Crippen molar-refractivity contribution in [1.82, 2.24) is 0 Å². The average molecular weight is 359 g/mol. The first-order chi connectivity index (χ1) is 13.0. The van der Waals surface area contributed by atoms with Crippen molar-refractivity contribution in [3.63, 3.8) is 0 Å². The highest BCUT2D eigenvalue weighted by Gasteiger charge is 2.19. The minimum atomic E-state index is -0.621. The van der Waals surface area contributed by atoms with E-state index in [4.69, 9.17) is 16.2 Å². The first-order valence-electron chi connectivity index (χ1n) is 8.15. The van der Waals surface area contributed by atoms with Crippen molar-refractivity contribution in [3.05, 3.63) is 95.6 Å². The van der Waals surface area contributed by atoms with E-state index in [1.165, 1.54) is 0 Å². The summed E-state index contributed by atoms with van der Waals surface area (Å²) in [7, 11) is 0. The molecule has 0 heterocycles. The van der Waals surface area contributed by atoms with Gasteiger partial charge in [-0.25, -0.2) is 9.79 Å². The highest BCUT2D eigenvalue weighted by Crippen LogP contribution is 2.21. The lowest BCUT2D eigenvalue weighted by Gasteiger charge is -2.09. The van der Waals surface area contributed by atoms with E-state index in [9.17, 15) is 9.59 Å². The lowest BCUT2D eigenvalue weighted by Crippen LogP contribution is -2.21. The fraction of sp³-hybridized carbons (Fsp3) is 0. The number of nitrogens with zero attached hydrogens (tertiary/aromatic N) is 1. The van der Waals surface area contributed by atoms with Crippen LogP contribution in [0.5, 0.6) is 5.75 Å². The molecule has 0 bridgehead atoms. The summed E-state index contributed by atoms with van der Waals surface area (Å²) >= 11 is 0. The standard InChI is InChI=1S/C21H17N3O3/c22-21(23)24-15-10-12-16(13-11-15)27-20(26)18-9-5-4-8-17(18)19(25)14-6-2-1-3-7-14/h1-13H,(H4,22,23,24). The zero-order chi connectivity index (χ0) is 19.2. The molecule has 27 heavy (non-hydrogen) atoms. The molecule has 3 aromatic rings. The summed E-state index contributed by atoms with van der Waals surface area (Å²) in [6, 6.07) is 21.7. The van der Waals surface area contributed by atoms with Gasteiger partial charge >= 0.3 is 5.97 Å². The van der Waals surface area contributed by atoms with E-state index in [0.717, 1.165) is 0 Å². The Morgan fingerprint density at radius 2 is 1.33 bits per heavy atom. The number of rotatable bonds is 5. The van der Waals surface area contributed by atoms with Crippen LogP contribution in [0.4, 0.5) is 5.69 Å². The van der Waals surface area contributed by atoms with Crippen molar-refractivity contribution in [3.8, 4) is 5.75 Å². The van der Waals surface area contributed by atoms with Gasteiger partial charge in [0.1, 0.15) is 5.75 Å². The molecule has 6 nitrogen and oxygen atoms in total. The van der Waals surface area contributed by atoms with Gasteiger partial charge in [0.05, 0.1) is 11.3 Å². The summed E-state index contributed by atoms with van der Waals surface area (Å²) in [5, 5.41) is 0. The third-order valence-electron chi connectivity index (χ3n) is 3.73. The number of carbonyl (C=O) groups excluding carboxylic acids is 2. The van der Waals surface area contributed by atoms with E-state index in [1.807, 2.05) is 6.07 Å². The van der Waals surface area contributed by atoms with E-state index in [0.29, 0.717) is 17.0 Å². The first kappa shape index (κ1) is 17.9. The minimum Gasteiger partial charge on any atom is -0.423 e. The second-order valence-electron chi connectivity index (χ2n) is 5.66. The minimum absolute atomic E-state index is 0.0619. The Morgan fingerprint density at radius 3 is 1.96 bits per heavy atom. The number of esters is 1. The Bertz CT molecular complexity index is 993. The van der Waals surface area contributed by atoms with E-state index >= 15 is 0 Å². The maximum absolute atomic E-state index is 12.7. The molecule has 0 aliphatic rings. The van der Waals surface area contributed by atoms with Gasteiger partial charge in [-0.05, 0) is 30.3 Å². The second-order valence-corrected chi connectivity index (χ2v) is 5.66. The van der Waals surface area contributed by atoms with Gasteiger partial charge in [-0.1, -0.05) is 48.5 Å². The molecule has 0 aliphatic heterocycles. The van der Waals surface area contributed by atoms with Gasteiger partial charge in [0.15, 0.2) is 11.7 Å². The van der Waals surface area contributed by atoms with Crippen molar-refractivity contribution >= 4 is 23.4 Å². The molecule has 0 atom stereocenters. The molecule has 4 N–H and O–H groups in total. The molecule has 6 heteroatoms. The maximum atomic E-state index is 12.7. The van der Waals surface area contributed by atoms with Crippen LogP contribution < -0.4 is 16.2 Å². The number of ketones is 1. The van der Waals surface area contributed by atoms with Gasteiger partial charge in [0.2, 0.25) is 0 Å². The normalized spacial score (nSPS) is 10.1. The molecule has 3 rings (SSSR count). The van der Waals surface area contributed by atoms with Crippen molar-refractivity contribution in [2.75, 3.05) is 0 Å². The molecule has 3 aromatic carbocycles. The number of hydrogen-bond donors (Lipinski definition) is 2. The summed E-state index contributed by atoms with van der Waals surface area (Å²) in [4.78, 5) is 29.2. The summed E-state index contributed by atoms with van der Waals surface area (Å²) < 4.78 is 5.38. The average Bonchev–Trinajstić information content (AvgIpc) is 2.69. The zero-order valence-corrected chi connectivity index (χ0v) is 14.3. The quantitative estimate of drug-likeness (QED) is 0.239. The van der Waals surface area contributed by atoms with Crippen LogP contribution in [0.15, 0.2) is 83.9 Å². The molecule has 0 aliphatic carbocycles. The Balaban J connectivity index is 1.83. The molecular weight excluding hydrogens is 342 g/mol. The second kappa shape index (κ2) is 7.97. The Hall–Kier alpha value is -3.93. The fourth-order valence-electron chi connectivity index (χ4n) is 2.50. The number of benzene rings is 3. The third-order valence-corrected chi connectivity index (χ3v) is 3.73. The van der Waals surface area contributed by atoms with Crippen LogP contribution >= 0.6 is 0 Å². The van der Waals surface area contributed by atoms with Crippen molar-refractivity contribution in [1.29, 1.82) is 0 Å². The maximum Gasteiger partial charge on any atom is 0.344 e. The van der Waals surface area contributed by atoms with Crippen LogP contribution in [0, 0.1) is 0 Å². The smallest absolute Gasteiger partial charge is 0.344 e. The number of guanidine groups is 1. The van der Waals surface area contributed by atoms with E-state index in [-0.39, 0.29) is 22.9 Å². The molecule has 134 valence electrons. The Labute approximate surface area is 156 Å². The monoisotopic (exact) mass is 359 g/mol. The van der Waals surface area contributed by atoms with Crippen LogP contribution in [0.3, 0.4) is 0 Å². The number of carbonyl (C=O) groups is 2. The fourth-order valence-corrected chi connectivity index (χ4v) is 2.50. The predicted molar refractivity (Wildman–Crippen MR) is 103 cm³/mol. The van der Waals surface area contributed by atoms with E-state index in [1.54, 1.807) is 72.8 Å². The Kier molecular flexibility index (Phi) is 5.28. The van der Waals surface area contributed by atoms with Crippen LogP contribution in [0.2, 0.25) is 0 Å². The molecule has 0 amide bonds. The van der Waals surface area contributed by atoms with Gasteiger partial charge in [0, 0.05) is 11.1 Å². The molecule has 0 fully saturated rings. The largest absolute Gasteiger partial charge is 0.423 e. The number of aliphatic imine (C=N–C) groups is 1. The van der Waals surface area contributed by atoms with Gasteiger partial charge in [-0.15, -0.1) is 0 Å². The molecule has 0 saturated heterocycles. The van der Waals surface area contributed by atoms with Crippen LogP contribution in [-0.2, 0) is 0 Å².